The fourth-order valence-corrected chi connectivity index (χ4v) is 7.48. The first-order valence-corrected chi connectivity index (χ1v) is 17.5. The highest BCUT2D eigenvalue weighted by molar-refractivity contribution is 6.30. The van der Waals surface area contributed by atoms with Crippen molar-refractivity contribution in [3.8, 4) is 0 Å². The highest BCUT2D eigenvalue weighted by atomic mass is 35.5. The third-order valence-electron chi connectivity index (χ3n) is 10.2. The minimum absolute atomic E-state index is 0. The third-order valence-corrected chi connectivity index (χ3v) is 10.5. The average molecular weight is 711 g/mol. The molecule has 0 aromatic heterocycles. The summed E-state index contributed by atoms with van der Waals surface area (Å²) in [6, 6.07) is 28.2. The average Bonchev–Trinajstić information content (AvgIpc) is 3.12. The van der Waals surface area contributed by atoms with Crippen molar-refractivity contribution in [1.82, 2.24) is 15.1 Å². The van der Waals surface area contributed by atoms with E-state index in [9.17, 15) is 19.5 Å². The molecule has 0 aliphatic carbocycles. The fraction of sp³-hybridized carbons (Fsp3) is 0.462. The Morgan fingerprint density at radius 2 is 1.45 bits per heavy atom. The SMILES string of the molecule is COC(=O)CCC(=O)N1CCC(NC(=O)CC(CCCN2CCC(O)(c3ccc(Cl)cc3)CC2)(c2ccccc2)c2ccccc2)CC1.Cl. The molecule has 0 atom stereocenters. The number of aliphatic hydroxyl groups is 1. The van der Waals surface area contributed by atoms with Crippen molar-refractivity contribution in [2.45, 2.75) is 74.8 Å². The first-order valence-electron chi connectivity index (χ1n) is 17.2. The molecule has 0 spiro atoms. The molecule has 2 saturated heterocycles. The number of ether oxygens (including phenoxy) is 1. The summed E-state index contributed by atoms with van der Waals surface area (Å²) in [6.07, 6.45) is 4.90. The van der Waals surface area contributed by atoms with Gasteiger partial charge in [-0.15, -0.1) is 12.4 Å². The number of rotatable bonds is 13. The van der Waals surface area contributed by atoms with Crippen LogP contribution in [-0.4, -0.2) is 78.6 Å². The Morgan fingerprint density at radius 3 is 2.00 bits per heavy atom. The number of halogens is 2. The van der Waals surface area contributed by atoms with Crippen molar-refractivity contribution < 1.29 is 24.2 Å². The fourth-order valence-electron chi connectivity index (χ4n) is 7.36. The quantitative estimate of drug-likeness (QED) is 0.203. The number of likely N-dealkylation sites (tertiary alicyclic amines) is 2. The van der Waals surface area contributed by atoms with E-state index in [1.54, 1.807) is 4.90 Å². The molecule has 3 aromatic rings. The van der Waals surface area contributed by atoms with E-state index in [4.69, 9.17) is 11.6 Å². The summed E-state index contributed by atoms with van der Waals surface area (Å²) in [6.45, 7) is 3.58. The van der Waals surface area contributed by atoms with Crippen molar-refractivity contribution in [1.29, 1.82) is 0 Å². The molecule has 0 saturated carbocycles. The van der Waals surface area contributed by atoms with Crippen LogP contribution < -0.4 is 5.32 Å². The molecule has 2 aliphatic heterocycles. The Labute approximate surface area is 301 Å². The zero-order valence-electron chi connectivity index (χ0n) is 28.3. The molecule has 0 radical (unpaired) electrons. The molecule has 2 aliphatic rings. The van der Waals surface area contributed by atoms with Crippen molar-refractivity contribution in [2.75, 3.05) is 39.8 Å². The maximum Gasteiger partial charge on any atom is 0.306 e. The summed E-state index contributed by atoms with van der Waals surface area (Å²) in [5.41, 5.74) is 1.79. The lowest BCUT2D eigenvalue weighted by Gasteiger charge is -2.40. The molecule has 0 bridgehead atoms. The molecule has 0 unspecified atom stereocenters. The lowest BCUT2D eigenvalue weighted by atomic mass is 9.68. The summed E-state index contributed by atoms with van der Waals surface area (Å²) < 4.78 is 4.66. The Bertz CT molecular complexity index is 1450. The van der Waals surface area contributed by atoms with Crippen LogP contribution in [0.4, 0.5) is 0 Å². The number of carbonyl (C=O) groups is 3. The summed E-state index contributed by atoms with van der Waals surface area (Å²) in [7, 11) is 1.32. The highest BCUT2D eigenvalue weighted by Gasteiger charge is 2.38. The van der Waals surface area contributed by atoms with E-state index in [2.05, 4.69) is 39.2 Å². The molecule has 8 nitrogen and oxygen atoms in total. The number of amides is 2. The summed E-state index contributed by atoms with van der Waals surface area (Å²) in [5, 5.41) is 15.4. The number of hydrogen-bond donors (Lipinski definition) is 2. The van der Waals surface area contributed by atoms with Crippen molar-refractivity contribution in [3.63, 3.8) is 0 Å². The predicted molar refractivity (Wildman–Crippen MR) is 195 cm³/mol. The van der Waals surface area contributed by atoms with Gasteiger partial charge in [0.05, 0.1) is 19.1 Å². The number of benzene rings is 3. The smallest absolute Gasteiger partial charge is 0.306 e. The van der Waals surface area contributed by atoms with Gasteiger partial charge in [0.15, 0.2) is 0 Å². The summed E-state index contributed by atoms with van der Waals surface area (Å²) in [5.74, 6) is -0.437. The van der Waals surface area contributed by atoms with E-state index in [0.29, 0.717) is 50.2 Å². The van der Waals surface area contributed by atoms with Crippen LogP contribution in [0.15, 0.2) is 84.9 Å². The second-order valence-corrected chi connectivity index (χ2v) is 13.7. The van der Waals surface area contributed by atoms with Gasteiger partial charge in [0.2, 0.25) is 11.8 Å². The topological polar surface area (TPSA) is 99.2 Å². The van der Waals surface area contributed by atoms with Gasteiger partial charge in [-0.1, -0.05) is 84.4 Å². The monoisotopic (exact) mass is 709 g/mol. The van der Waals surface area contributed by atoms with Gasteiger partial charge in [-0.25, -0.2) is 0 Å². The second kappa shape index (κ2) is 18.0. The van der Waals surface area contributed by atoms with Crippen LogP contribution >= 0.6 is 24.0 Å². The van der Waals surface area contributed by atoms with Gasteiger partial charge < -0.3 is 25.0 Å². The maximum absolute atomic E-state index is 13.9. The Kier molecular flexibility index (Phi) is 14.1. The van der Waals surface area contributed by atoms with Gasteiger partial charge in [-0.3, -0.25) is 14.4 Å². The number of nitrogens with one attached hydrogen (secondary N) is 1. The molecule has 49 heavy (non-hydrogen) atoms. The Morgan fingerprint density at radius 1 is 0.878 bits per heavy atom. The lowest BCUT2D eigenvalue weighted by molar-refractivity contribution is -0.144. The summed E-state index contributed by atoms with van der Waals surface area (Å²) in [4.78, 5) is 42.1. The van der Waals surface area contributed by atoms with Crippen LogP contribution in [0.2, 0.25) is 5.02 Å². The van der Waals surface area contributed by atoms with Crippen molar-refractivity contribution >= 4 is 41.8 Å². The predicted octanol–water partition coefficient (Wildman–Crippen LogP) is 6.26. The van der Waals surface area contributed by atoms with Crippen LogP contribution in [-0.2, 0) is 30.1 Å². The van der Waals surface area contributed by atoms with E-state index in [-0.39, 0.29) is 49.1 Å². The van der Waals surface area contributed by atoms with Gasteiger partial charge in [-0.05, 0) is 73.9 Å². The second-order valence-electron chi connectivity index (χ2n) is 13.3. The summed E-state index contributed by atoms with van der Waals surface area (Å²) >= 11 is 6.08. The van der Waals surface area contributed by atoms with Crippen LogP contribution in [0.25, 0.3) is 0 Å². The Hall–Kier alpha value is -3.43. The maximum atomic E-state index is 13.9. The molecule has 2 fully saturated rings. The van der Waals surface area contributed by atoms with Crippen LogP contribution in [0.1, 0.15) is 74.5 Å². The van der Waals surface area contributed by atoms with E-state index in [1.165, 1.54) is 7.11 Å². The number of piperidine rings is 2. The minimum Gasteiger partial charge on any atom is -0.469 e. The molecule has 264 valence electrons. The number of nitrogens with zero attached hydrogens (tertiary/aromatic N) is 2. The minimum atomic E-state index is -0.844. The van der Waals surface area contributed by atoms with Gasteiger partial charge in [0, 0.05) is 55.5 Å². The van der Waals surface area contributed by atoms with Gasteiger partial charge >= 0.3 is 5.97 Å². The zero-order chi connectivity index (χ0) is 34.0. The Balaban J connectivity index is 0.00000541. The molecular weight excluding hydrogens is 661 g/mol. The lowest BCUT2D eigenvalue weighted by Crippen LogP contribution is -2.48. The molecule has 2 amide bonds. The molecule has 3 aromatic carbocycles. The van der Waals surface area contributed by atoms with Crippen molar-refractivity contribution in [3.05, 3.63) is 107 Å². The van der Waals surface area contributed by atoms with Crippen LogP contribution in [0.3, 0.4) is 0 Å². The first kappa shape index (κ1) is 38.4. The molecule has 2 N–H and O–H groups in total. The number of hydrogen-bond acceptors (Lipinski definition) is 6. The first-order chi connectivity index (χ1) is 23.2. The van der Waals surface area contributed by atoms with Crippen LogP contribution in [0, 0.1) is 0 Å². The molecule has 5 rings (SSSR count). The molecular formula is C39H49Cl2N3O5. The van der Waals surface area contributed by atoms with E-state index >= 15 is 0 Å². The highest BCUT2D eigenvalue weighted by Crippen LogP contribution is 2.41. The third kappa shape index (κ3) is 10.1. The van der Waals surface area contributed by atoms with Gasteiger partial charge in [0.25, 0.3) is 0 Å². The van der Waals surface area contributed by atoms with E-state index < -0.39 is 11.0 Å². The van der Waals surface area contributed by atoms with Crippen molar-refractivity contribution in [2.24, 2.45) is 0 Å². The zero-order valence-corrected chi connectivity index (χ0v) is 29.9. The molecule has 2 heterocycles. The van der Waals surface area contributed by atoms with E-state index in [1.807, 2.05) is 60.7 Å². The van der Waals surface area contributed by atoms with Gasteiger partial charge in [-0.2, -0.15) is 0 Å². The number of methoxy groups -OCH3 is 1. The van der Waals surface area contributed by atoms with Crippen LogP contribution in [0.5, 0.6) is 0 Å². The normalized spacial score (nSPS) is 16.8. The standard InChI is InChI=1S/C39H48ClN3O5.ClH/c1-48-37(46)18-17-36(45)43-25-19-34(20-26-43)41-35(44)29-38(30-9-4-2-5-10-30,31-11-6-3-7-12-31)21-8-24-42-27-22-39(47,23-28-42)32-13-15-33(40)16-14-32;/h2-7,9-16,34,47H,8,17-29H2,1H3,(H,41,44);1H. The number of carbonyl (C=O) groups excluding carboxylic acids is 3. The number of esters is 1. The molecule has 10 heteroatoms. The van der Waals surface area contributed by atoms with E-state index in [0.717, 1.165) is 49.2 Å². The van der Waals surface area contributed by atoms with Gasteiger partial charge in [0.1, 0.15) is 0 Å². The largest absolute Gasteiger partial charge is 0.469 e.